The Morgan fingerprint density at radius 3 is 2.55 bits per heavy atom. The topological polar surface area (TPSA) is 54.4 Å². The third-order valence-corrected chi connectivity index (χ3v) is 5.17. The number of methoxy groups -OCH3 is 1. The number of ether oxygens (including phenoxy) is 1. The van der Waals surface area contributed by atoms with Crippen LogP contribution in [-0.2, 0) is 6.42 Å². The van der Waals surface area contributed by atoms with Crippen LogP contribution in [0.3, 0.4) is 0 Å². The van der Waals surface area contributed by atoms with Gasteiger partial charge in [0.15, 0.2) is 0 Å². The van der Waals surface area contributed by atoms with Crippen molar-refractivity contribution in [1.29, 1.82) is 0 Å². The van der Waals surface area contributed by atoms with Crippen molar-refractivity contribution in [1.82, 2.24) is 10.3 Å². The Hall–Kier alpha value is -1.43. The smallest absolute Gasteiger partial charge is 0.118 e. The summed E-state index contributed by atoms with van der Waals surface area (Å²) in [5.74, 6) is 0.796. The quantitative estimate of drug-likeness (QED) is 0.821. The number of aliphatic hydroxyl groups is 1. The zero-order valence-electron chi connectivity index (χ0n) is 13.6. The van der Waals surface area contributed by atoms with Crippen LogP contribution < -0.4 is 10.1 Å². The van der Waals surface area contributed by atoms with E-state index < -0.39 is 6.10 Å². The molecule has 120 valence electrons. The molecule has 0 aliphatic carbocycles. The van der Waals surface area contributed by atoms with Gasteiger partial charge >= 0.3 is 0 Å². The number of nitrogens with one attached hydrogen (secondary N) is 1. The molecule has 2 rings (SSSR count). The molecule has 1 aromatic carbocycles. The molecule has 1 aromatic heterocycles. The fourth-order valence-electron chi connectivity index (χ4n) is 2.34. The van der Waals surface area contributed by atoms with Crippen molar-refractivity contribution in [2.45, 2.75) is 39.3 Å². The van der Waals surface area contributed by atoms with Crippen molar-refractivity contribution in [3.8, 4) is 5.75 Å². The molecule has 0 saturated carbocycles. The average Bonchev–Trinajstić information content (AvgIpc) is 2.93. The molecular weight excluding hydrogens is 296 g/mol. The minimum Gasteiger partial charge on any atom is -0.497 e. The maximum absolute atomic E-state index is 10.3. The Bertz CT molecular complexity index is 595. The van der Waals surface area contributed by atoms with Crippen molar-refractivity contribution in [3.05, 3.63) is 45.4 Å². The van der Waals surface area contributed by atoms with Gasteiger partial charge in [-0.1, -0.05) is 19.1 Å². The molecule has 5 heteroatoms. The van der Waals surface area contributed by atoms with Crippen molar-refractivity contribution in [2.75, 3.05) is 13.7 Å². The highest BCUT2D eigenvalue weighted by Crippen LogP contribution is 2.26. The first kappa shape index (κ1) is 16.9. The lowest BCUT2D eigenvalue weighted by atomic mass is 10.1. The first-order valence-electron chi connectivity index (χ1n) is 7.56. The molecule has 0 aliphatic rings. The normalized spacial score (nSPS) is 13.9. The molecule has 2 N–H and O–H groups in total. The molecule has 0 bridgehead atoms. The third-order valence-electron chi connectivity index (χ3n) is 3.69. The van der Waals surface area contributed by atoms with Gasteiger partial charge in [-0.05, 0) is 38.0 Å². The number of aryl methyl sites for hydroxylation is 2. The Morgan fingerprint density at radius 1 is 1.32 bits per heavy atom. The van der Waals surface area contributed by atoms with Gasteiger partial charge in [0.25, 0.3) is 0 Å². The lowest BCUT2D eigenvalue weighted by molar-refractivity contribution is 0.171. The second kappa shape index (κ2) is 7.72. The summed E-state index contributed by atoms with van der Waals surface area (Å²) in [7, 11) is 1.64. The summed E-state index contributed by atoms with van der Waals surface area (Å²) in [6, 6.07) is 7.70. The van der Waals surface area contributed by atoms with Crippen LogP contribution in [0.5, 0.6) is 5.75 Å². The zero-order chi connectivity index (χ0) is 16.1. The van der Waals surface area contributed by atoms with Crippen LogP contribution in [0, 0.1) is 6.92 Å². The van der Waals surface area contributed by atoms with Gasteiger partial charge in [-0.2, -0.15) is 0 Å². The fraction of sp³-hybridized carbons (Fsp3) is 0.471. The zero-order valence-corrected chi connectivity index (χ0v) is 14.4. The van der Waals surface area contributed by atoms with Crippen LogP contribution in [0.15, 0.2) is 24.3 Å². The van der Waals surface area contributed by atoms with E-state index in [0.29, 0.717) is 6.54 Å². The highest BCUT2D eigenvalue weighted by molar-refractivity contribution is 7.11. The minimum atomic E-state index is -0.535. The predicted molar refractivity (Wildman–Crippen MR) is 90.6 cm³/mol. The van der Waals surface area contributed by atoms with Gasteiger partial charge in [0, 0.05) is 17.5 Å². The van der Waals surface area contributed by atoms with E-state index in [1.807, 2.05) is 31.2 Å². The Labute approximate surface area is 136 Å². The van der Waals surface area contributed by atoms with Crippen LogP contribution in [-0.4, -0.2) is 23.7 Å². The summed E-state index contributed by atoms with van der Waals surface area (Å²) in [6.45, 7) is 6.78. The molecule has 0 aliphatic heterocycles. The van der Waals surface area contributed by atoms with Gasteiger partial charge in [0.05, 0.1) is 23.9 Å². The number of thiazole rings is 1. The van der Waals surface area contributed by atoms with E-state index in [1.165, 1.54) is 4.88 Å². The SMILES string of the molecule is CCc1nc(C)c(C(C)NCC(O)c2ccc(OC)cc2)s1. The number of hydrogen-bond donors (Lipinski definition) is 2. The van der Waals surface area contributed by atoms with E-state index >= 15 is 0 Å². The lowest BCUT2D eigenvalue weighted by Gasteiger charge is -2.17. The summed E-state index contributed by atoms with van der Waals surface area (Å²) in [4.78, 5) is 5.81. The molecule has 2 aromatic rings. The fourth-order valence-corrected chi connectivity index (χ4v) is 3.38. The highest BCUT2D eigenvalue weighted by atomic mass is 32.1. The monoisotopic (exact) mass is 320 g/mol. The van der Waals surface area contributed by atoms with Crippen LogP contribution in [0.2, 0.25) is 0 Å². The number of aromatic nitrogens is 1. The number of rotatable bonds is 7. The van der Waals surface area contributed by atoms with E-state index in [4.69, 9.17) is 4.74 Å². The predicted octanol–water partition coefficient (Wildman–Crippen LogP) is 3.41. The van der Waals surface area contributed by atoms with Crippen LogP contribution in [0.4, 0.5) is 0 Å². The molecule has 0 amide bonds. The summed E-state index contributed by atoms with van der Waals surface area (Å²) >= 11 is 1.75. The number of hydrogen-bond acceptors (Lipinski definition) is 5. The first-order valence-corrected chi connectivity index (χ1v) is 8.38. The number of nitrogens with zero attached hydrogens (tertiary/aromatic N) is 1. The van der Waals surface area contributed by atoms with Gasteiger partial charge in [0.1, 0.15) is 5.75 Å². The summed E-state index contributed by atoms with van der Waals surface area (Å²) in [5, 5.41) is 14.8. The van der Waals surface area contributed by atoms with Crippen molar-refractivity contribution in [2.24, 2.45) is 0 Å². The van der Waals surface area contributed by atoms with Crippen molar-refractivity contribution >= 4 is 11.3 Å². The molecule has 2 atom stereocenters. The van der Waals surface area contributed by atoms with E-state index in [2.05, 4.69) is 24.1 Å². The van der Waals surface area contributed by atoms with Crippen LogP contribution in [0.1, 0.15) is 47.1 Å². The van der Waals surface area contributed by atoms with E-state index in [0.717, 1.165) is 28.4 Å². The van der Waals surface area contributed by atoms with Crippen molar-refractivity contribution < 1.29 is 9.84 Å². The van der Waals surface area contributed by atoms with Gasteiger partial charge in [-0.25, -0.2) is 4.98 Å². The summed E-state index contributed by atoms with van der Waals surface area (Å²) in [6.07, 6.45) is 0.430. The average molecular weight is 320 g/mol. The molecule has 1 heterocycles. The summed E-state index contributed by atoms with van der Waals surface area (Å²) in [5.41, 5.74) is 1.97. The van der Waals surface area contributed by atoms with Gasteiger partial charge in [-0.3, -0.25) is 0 Å². The minimum absolute atomic E-state index is 0.186. The number of aliphatic hydroxyl groups excluding tert-OH is 1. The van der Waals surface area contributed by atoms with Gasteiger partial charge in [-0.15, -0.1) is 11.3 Å². The molecule has 0 saturated heterocycles. The molecule has 0 radical (unpaired) electrons. The van der Waals surface area contributed by atoms with Crippen molar-refractivity contribution in [3.63, 3.8) is 0 Å². The molecular formula is C17H24N2O2S. The molecule has 0 spiro atoms. The first-order chi connectivity index (χ1) is 10.5. The number of benzene rings is 1. The van der Waals surface area contributed by atoms with E-state index in [9.17, 15) is 5.11 Å². The molecule has 0 fully saturated rings. The molecule has 22 heavy (non-hydrogen) atoms. The second-order valence-corrected chi connectivity index (χ2v) is 6.44. The maximum Gasteiger partial charge on any atom is 0.118 e. The van der Waals surface area contributed by atoms with Crippen LogP contribution in [0.25, 0.3) is 0 Å². The van der Waals surface area contributed by atoms with E-state index in [1.54, 1.807) is 18.4 Å². The largest absolute Gasteiger partial charge is 0.497 e. The highest BCUT2D eigenvalue weighted by Gasteiger charge is 2.15. The van der Waals surface area contributed by atoms with Gasteiger partial charge < -0.3 is 15.2 Å². The maximum atomic E-state index is 10.3. The Balaban J connectivity index is 1.94. The van der Waals surface area contributed by atoms with Crippen LogP contribution >= 0.6 is 11.3 Å². The second-order valence-electron chi connectivity index (χ2n) is 5.33. The molecule has 2 unspecified atom stereocenters. The van der Waals surface area contributed by atoms with Gasteiger partial charge in [0.2, 0.25) is 0 Å². The Kier molecular flexibility index (Phi) is 5.94. The third kappa shape index (κ3) is 4.06. The summed E-state index contributed by atoms with van der Waals surface area (Å²) < 4.78 is 5.13. The Morgan fingerprint density at radius 2 is 2.00 bits per heavy atom. The standard InChI is InChI=1S/C17H24N2O2S/c1-5-16-19-12(3)17(22-16)11(2)18-10-15(20)13-6-8-14(21-4)9-7-13/h6-9,11,15,18,20H,5,10H2,1-4H3. The lowest BCUT2D eigenvalue weighted by Crippen LogP contribution is -2.24. The van der Waals surface area contributed by atoms with E-state index in [-0.39, 0.29) is 6.04 Å². The molecule has 4 nitrogen and oxygen atoms in total.